The maximum Gasteiger partial charge on any atom is 0.269 e. The molecule has 0 saturated heterocycles. The first-order valence-corrected chi connectivity index (χ1v) is 9.19. The van der Waals surface area contributed by atoms with Gasteiger partial charge in [-0.2, -0.15) is 5.10 Å². The molecule has 28 heavy (non-hydrogen) atoms. The summed E-state index contributed by atoms with van der Waals surface area (Å²) in [5, 5.41) is 6.25. The number of hydrogen-bond acceptors (Lipinski definition) is 4. The van der Waals surface area contributed by atoms with E-state index < -0.39 is 11.8 Å². The Morgan fingerprint density at radius 2 is 1.68 bits per heavy atom. The lowest BCUT2D eigenvalue weighted by atomic mass is 10.1. The number of hydrazine groups is 1. The van der Waals surface area contributed by atoms with Gasteiger partial charge in [0.05, 0.1) is 12.3 Å². The molecule has 1 aliphatic rings. The second-order valence-electron chi connectivity index (χ2n) is 6.19. The van der Waals surface area contributed by atoms with Crippen molar-refractivity contribution in [3.63, 3.8) is 0 Å². The molecule has 0 aliphatic carbocycles. The Morgan fingerprint density at radius 3 is 2.39 bits per heavy atom. The third-order valence-corrected chi connectivity index (χ3v) is 4.44. The van der Waals surface area contributed by atoms with Crippen LogP contribution in [-0.2, 0) is 9.59 Å². The first kappa shape index (κ1) is 19.6. The smallest absolute Gasteiger partial charge is 0.269 e. The lowest BCUT2D eigenvalue weighted by molar-refractivity contribution is -0.133. The van der Waals surface area contributed by atoms with Crippen LogP contribution in [0.2, 0.25) is 5.02 Å². The third kappa shape index (κ3) is 5.17. The average Bonchev–Trinajstić information content (AvgIpc) is 3.22. The van der Waals surface area contributed by atoms with Crippen molar-refractivity contribution in [2.75, 3.05) is 6.54 Å². The van der Waals surface area contributed by atoms with Gasteiger partial charge in [0.25, 0.3) is 5.91 Å². The van der Waals surface area contributed by atoms with Crippen LogP contribution < -0.4 is 10.9 Å². The van der Waals surface area contributed by atoms with Crippen molar-refractivity contribution >= 4 is 35.0 Å². The summed E-state index contributed by atoms with van der Waals surface area (Å²) in [5.41, 5.74) is 6.81. The predicted molar refractivity (Wildman–Crippen MR) is 106 cm³/mol. The molecule has 0 bridgehead atoms. The summed E-state index contributed by atoms with van der Waals surface area (Å²) in [6, 6.07) is 15.9. The number of amides is 3. The molecular formula is C20H19ClN4O3. The summed E-state index contributed by atoms with van der Waals surface area (Å²) in [7, 11) is 0. The normalized spacial score (nSPS) is 13.0. The molecule has 1 heterocycles. The Morgan fingerprint density at radius 1 is 0.964 bits per heavy atom. The summed E-state index contributed by atoms with van der Waals surface area (Å²) in [4.78, 5) is 36.1. The lowest BCUT2D eigenvalue weighted by Crippen LogP contribution is -2.42. The number of hydrogen-bond donors (Lipinski definition) is 2. The molecule has 0 radical (unpaired) electrons. The Balaban J connectivity index is 1.43. The minimum Gasteiger partial charge on any atom is -0.273 e. The van der Waals surface area contributed by atoms with Gasteiger partial charge in [-0.05, 0) is 29.8 Å². The molecule has 0 aromatic heterocycles. The van der Waals surface area contributed by atoms with E-state index in [9.17, 15) is 14.4 Å². The van der Waals surface area contributed by atoms with E-state index in [1.54, 1.807) is 24.3 Å². The van der Waals surface area contributed by atoms with Gasteiger partial charge in [-0.1, -0.05) is 41.9 Å². The van der Waals surface area contributed by atoms with Gasteiger partial charge in [0.15, 0.2) is 0 Å². The zero-order chi connectivity index (χ0) is 19.9. The average molecular weight is 399 g/mol. The highest BCUT2D eigenvalue weighted by Gasteiger charge is 2.22. The van der Waals surface area contributed by atoms with Gasteiger partial charge in [-0.15, -0.1) is 0 Å². The molecule has 2 aromatic carbocycles. The molecule has 0 unspecified atom stereocenters. The largest absolute Gasteiger partial charge is 0.273 e. The van der Waals surface area contributed by atoms with Gasteiger partial charge in [-0.3, -0.25) is 25.2 Å². The molecule has 2 aromatic rings. The summed E-state index contributed by atoms with van der Waals surface area (Å²) >= 11 is 5.77. The highest BCUT2D eigenvalue weighted by atomic mass is 35.5. The number of benzene rings is 2. The first-order chi connectivity index (χ1) is 13.5. The fourth-order valence-electron chi connectivity index (χ4n) is 2.68. The lowest BCUT2D eigenvalue weighted by Gasteiger charge is -2.11. The molecule has 0 spiro atoms. The molecular weight excluding hydrogens is 380 g/mol. The van der Waals surface area contributed by atoms with Crippen molar-refractivity contribution in [1.29, 1.82) is 0 Å². The van der Waals surface area contributed by atoms with Gasteiger partial charge >= 0.3 is 0 Å². The van der Waals surface area contributed by atoms with Crippen molar-refractivity contribution in [3.05, 3.63) is 70.7 Å². The molecule has 1 aliphatic heterocycles. The van der Waals surface area contributed by atoms with Crippen molar-refractivity contribution < 1.29 is 14.4 Å². The second kappa shape index (κ2) is 9.14. The van der Waals surface area contributed by atoms with E-state index in [0.717, 1.165) is 11.3 Å². The van der Waals surface area contributed by atoms with Gasteiger partial charge in [0, 0.05) is 29.8 Å². The Kier molecular flexibility index (Phi) is 6.39. The van der Waals surface area contributed by atoms with E-state index in [4.69, 9.17) is 11.6 Å². The maximum atomic E-state index is 12.3. The van der Waals surface area contributed by atoms with Crippen molar-refractivity contribution in [3.8, 4) is 0 Å². The topological polar surface area (TPSA) is 90.9 Å². The third-order valence-electron chi connectivity index (χ3n) is 4.18. The molecule has 2 N–H and O–H groups in total. The highest BCUT2D eigenvalue weighted by Crippen LogP contribution is 2.15. The first-order valence-electron chi connectivity index (χ1n) is 8.81. The molecule has 3 rings (SSSR count). The van der Waals surface area contributed by atoms with Gasteiger partial charge in [-0.25, -0.2) is 5.01 Å². The molecule has 0 fully saturated rings. The Bertz CT molecular complexity index is 897. The summed E-state index contributed by atoms with van der Waals surface area (Å²) in [6.45, 7) is 0.498. The summed E-state index contributed by atoms with van der Waals surface area (Å²) in [5.74, 6) is -1.15. The fourth-order valence-corrected chi connectivity index (χ4v) is 2.81. The zero-order valence-electron chi connectivity index (χ0n) is 15.0. The number of nitrogens with one attached hydrogen (secondary N) is 2. The second-order valence-corrected chi connectivity index (χ2v) is 6.63. The van der Waals surface area contributed by atoms with Gasteiger partial charge in [0.1, 0.15) is 0 Å². The van der Waals surface area contributed by atoms with Gasteiger partial charge in [0.2, 0.25) is 11.8 Å². The molecule has 0 atom stereocenters. The molecule has 144 valence electrons. The zero-order valence-corrected chi connectivity index (χ0v) is 15.8. The summed E-state index contributed by atoms with van der Waals surface area (Å²) < 4.78 is 0. The van der Waals surface area contributed by atoms with Crippen LogP contribution in [0.15, 0.2) is 59.7 Å². The number of rotatable bonds is 5. The van der Waals surface area contributed by atoms with E-state index in [1.807, 2.05) is 30.3 Å². The Hall–Kier alpha value is -3.19. The quantitative estimate of drug-likeness (QED) is 0.758. The van der Waals surface area contributed by atoms with E-state index in [-0.39, 0.29) is 18.7 Å². The van der Waals surface area contributed by atoms with E-state index >= 15 is 0 Å². The van der Waals surface area contributed by atoms with E-state index in [0.29, 0.717) is 23.6 Å². The maximum absolute atomic E-state index is 12.3. The monoisotopic (exact) mass is 398 g/mol. The van der Waals surface area contributed by atoms with Crippen molar-refractivity contribution in [1.82, 2.24) is 15.9 Å². The van der Waals surface area contributed by atoms with Crippen LogP contribution in [0, 0.1) is 0 Å². The predicted octanol–water partition coefficient (Wildman–Crippen LogP) is 2.52. The minimum atomic E-state index is -0.465. The number of carbonyl (C=O) groups is 3. The summed E-state index contributed by atoms with van der Waals surface area (Å²) in [6.07, 6.45) is 0.639. The highest BCUT2D eigenvalue weighted by molar-refractivity contribution is 6.30. The van der Waals surface area contributed by atoms with Crippen LogP contribution in [-0.4, -0.2) is 35.0 Å². The van der Waals surface area contributed by atoms with Crippen LogP contribution in [0.3, 0.4) is 0 Å². The Labute approximate surface area is 167 Å². The van der Waals surface area contributed by atoms with Crippen LogP contribution in [0.4, 0.5) is 0 Å². The van der Waals surface area contributed by atoms with Crippen LogP contribution in [0.25, 0.3) is 0 Å². The van der Waals surface area contributed by atoms with Crippen LogP contribution >= 0.6 is 11.6 Å². The van der Waals surface area contributed by atoms with E-state index in [2.05, 4.69) is 16.0 Å². The standard InChI is InChI=1S/C20H19ClN4O3/c21-16-8-6-15(7-9-16)20(28)23-22-18(26)10-11-19(27)25-13-12-17(24-25)14-4-2-1-3-5-14/h1-9H,10-13H2,(H,22,26)(H,23,28). The molecule has 0 saturated carbocycles. The van der Waals surface area contributed by atoms with Crippen molar-refractivity contribution in [2.24, 2.45) is 5.10 Å². The number of nitrogens with zero attached hydrogens (tertiary/aromatic N) is 2. The molecule has 7 nitrogen and oxygen atoms in total. The van der Waals surface area contributed by atoms with E-state index in [1.165, 1.54) is 5.01 Å². The SMILES string of the molecule is O=C(CCC(=O)N1CCC(c2ccccc2)=N1)NNC(=O)c1ccc(Cl)cc1. The molecule has 8 heteroatoms. The minimum absolute atomic E-state index is 0.00815. The van der Waals surface area contributed by atoms with Crippen LogP contribution in [0.5, 0.6) is 0 Å². The number of carbonyl (C=O) groups excluding carboxylic acids is 3. The number of hydrazone groups is 1. The number of halogens is 1. The molecule has 3 amide bonds. The van der Waals surface area contributed by atoms with Gasteiger partial charge < -0.3 is 0 Å². The van der Waals surface area contributed by atoms with Crippen molar-refractivity contribution in [2.45, 2.75) is 19.3 Å². The fraction of sp³-hybridized carbons (Fsp3) is 0.200. The van der Waals surface area contributed by atoms with Crippen LogP contribution in [0.1, 0.15) is 35.2 Å².